The van der Waals surface area contributed by atoms with Gasteiger partial charge >= 0.3 is 12.1 Å². The Bertz CT molecular complexity index is 1360. The molecule has 1 amide bonds. The van der Waals surface area contributed by atoms with Gasteiger partial charge in [-0.2, -0.15) is 0 Å². The second-order valence-electron chi connectivity index (χ2n) is 18.7. The Labute approximate surface area is 290 Å². The molecule has 48 heavy (non-hydrogen) atoms. The maximum absolute atomic E-state index is 13.3. The number of amides is 1. The minimum atomic E-state index is -0.862. The Balaban J connectivity index is 1.25. The smallest absolute Gasteiger partial charge is 0.407 e. The fourth-order valence-corrected chi connectivity index (χ4v) is 13.5. The van der Waals surface area contributed by atoms with Gasteiger partial charge in [-0.05, 0) is 160 Å². The number of carboxylic acids is 1. The van der Waals surface area contributed by atoms with E-state index in [9.17, 15) is 14.7 Å². The zero-order valence-corrected chi connectivity index (χ0v) is 31.2. The average molecular weight is 664 g/mol. The first-order valence-electron chi connectivity index (χ1n) is 19.2. The van der Waals surface area contributed by atoms with E-state index >= 15 is 0 Å². The van der Waals surface area contributed by atoms with Gasteiger partial charge in [0.25, 0.3) is 0 Å². The molecule has 5 aliphatic rings. The monoisotopic (exact) mass is 663 g/mol. The van der Waals surface area contributed by atoms with Crippen molar-refractivity contribution in [3.05, 3.63) is 35.4 Å². The van der Waals surface area contributed by atoms with Crippen LogP contribution in [0.5, 0.6) is 0 Å². The van der Waals surface area contributed by atoms with Gasteiger partial charge in [-0.25, -0.2) is 9.59 Å². The lowest BCUT2D eigenvalue weighted by Gasteiger charge is -2.72. The summed E-state index contributed by atoms with van der Waals surface area (Å²) < 4.78 is 5.78. The van der Waals surface area contributed by atoms with Crippen molar-refractivity contribution in [1.82, 2.24) is 10.2 Å². The van der Waals surface area contributed by atoms with Gasteiger partial charge in [-0.1, -0.05) is 53.7 Å². The van der Waals surface area contributed by atoms with Crippen molar-refractivity contribution < 1.29 is 19.4 Å². The van der Waals surface area contributed by atoms with Crippen LogP contribution in [0.15, 0.2) is 24.3 Å². The molecule has 268 valence electrons. The maximum Gasteiger partial charge on any atom is 0.407 e. The fourth-order valence-electron chi connectivity index (χ4n) is 13.5. The quantitative estimate of drug-likeness (QED) is 0.242. The molecule has 7 nitrogen and oxygen atoms in total. The minimum Gasteiger partial charge on any atom is -0.478 e. The van der Waals surface area contributed by atoms with E-state index < -0.39 is 5.97 Å². The van der Waals surface area contributed by atoms with E-state index in [1.807, 2.05) is 14.1 Å². The summed E-state index contributed by atoms with van der Waals surface area (Å²) >= 11 is 0. The number of alkyl carbamates (subject to hydrolysis) is 1. The number of nitrogens with zero attached hydrogens (tertiary/aromatic N) is 1. The maximum atomic E-state index is 13.3. The Morgan fingerprint density at radius 1 is 0.938 bits per heavy atom. The van der Waals surface area contributed by atoms with Gasteiger partial charge in [-0.15, -0.1) is 0 Å². The molecule has 0 saturated heterocycles. The number of ether oxygens (including phenoxy) is 1. The van der Waals surface area contributed by atoms with Gasteiger partial charge in [0.15, 0.2) is 0 Å². The van der Waals surface area contributed by atoms with Crippen LogP contribution in [0.4, 0.5) is 4.79 Å². The fraction of sp³-hybridized carbons (Fsp3) is 0.805. The van der Waals surface area contributed by atoms with Gasteiger partial charge in [0, 0.05) is 17.6 Å². The number of nitrogens with two attached hydrogens (primary N) is 1. The molecular weight excluding hydrogens is 598 g/mol. The zero-order valence-electron chi connectivity index (χ0n) is 31.2. The van der Waals surface area contributed by atoms with Gasteiger partial charge in [0.05, 0.1) is 12.2 Å². The van der Waals surface area contributed by atoms with Crippen LogP contribution in [0.3, 0.4) is 0 Å². The Kier molecular flexibility index (Phi) is 9.36. The van der Waals surface area contributed by atoms with Crippen LogP contribution in [0.25, 0.3) is 0 Å². The van der Waals surface area contributed by atoms with Crippen molar-refractivity contribution in [2.45, 2.75) is 129 Å². The molecule has 0 aliphatic heterocycles. The van der Waals surface area contributed by atoms with Crippen molar-refractivity contribution in [3.63, 3.8) is 0 Å². The van der Waals surface area contributed by atoms with Gasteiger partial charge in [0.1, 0.15) is 0 Å². The van der Waals surface area contributed by atoms with Gasteiger partial charge in [0.2, 0.25) is 0 Å². The first-order chi connectivity index (χ1) is 22.5. The second-order valence-corrected chi connectivity index (χ2v) is 18.7. The molecule has 7 heteroatoms. The largest absolute Gasteiger partial charge is 0.478 e. The van der Waals surface area contributed by atoms with Crippen LogP contribution in [0.2, 0.25) is 0 Å². The molecule has 10 atom stereocenters. The van der Waals surface area contributed by atoms with Crippen LogP contribution >= 0.6 is 0 Å². The predicted octanol–water partition coefficient (Wildman–Crippen LogP) is 8.33. The molecule has 1 aromatic rings. The lowest BCUT2D eigenvalue weighted by Crippen LogP contribution is -2.75. The highest BCUT2D eigenvalue weighted by molar-refractivity contribution is 5.87. The highest BCUT2D eigenvalue weighted by Gasteiger charge is 2.71. The third-order valence-electron chi connectivity index (χ3n) is 15.8. The summed E-state index contributed by atoms with van der Waals surface area (Å²) in [5.74, 6) is 2.60. The van der Waals surface area contributed by atoms with Crippen molar-refractivity contribution in [3.8, 4) is 0 Å². The first kappa shape index (κ1) is 35.7. The van der Waals surface area contributed by atoms with Crippen LogP contribution in [0.1, 0.15) is 134 Å². The number of carbonyl (C=O) groups is 2. The number of aromatic carboxylic acids is 1. The van der Waals surface area contributed by atoms with E-state index in [0.717, 1.165) is 57.9 Å². The highest BCUT2D eigenvalue weighted by atomic mass is 16.5. The number of carboxylic acid groups (broad SMARTS) is 1. The number of hydrogen-bond donors (Lipinski definition) is 3. The second kappa shape index (κ2) is 12.6. The molecule has 1 aromatic carbocycles. The number of hydrogen-bond acceptors (Lipinski definition) is 5. The summed E-state index contributed by atoms with van der Waals surface area (Å²) in [5.41, 5.74) is 9.54. The molecule has 0 radical (unpaired) electrons. The third-order valence-corrected chi connectivity index (χ3v) is 15.8. The Hall–Kier alpha value is -2.12. The molecule has 0 spiro atoms. The van der Waals surface area contributed by atoms with E-state index in [4.69, 9.17) is 10.5 Å². The molecule has 0 heterocycles. The molecule has 5 fully saturated rings. The number of carbonyl (C=O) groups excluding carboxylic acids is 1. The van der Waals surface area contributed by atoms with Crippen molar-refractivity contribution in [1.29, 1.82) is 0 Å². The SMILES string of the molecule is CC(C)[C@@H]1CC[C@]2(NC(=O)OCCCN(C)C)CC[C@]3(N)[C@H](CC[C@@H]4[C@@]5(C)CC[C@@H](c6ccc(C(=O)O)cc6)C(C)(C)[C@@H]5CC[C@]43C)[C@@H]12. The van der Waals surface area contributed by atoms with Gasteiger partial charge in [-0.3, -0.25) is 0 Å². The molecule has 6 rings (SSSR count). The Morgan fingerprint density at radius 2 is 1.65 bits per heavy atom. The summed E-state index contributed by atoms with van der Waals surface area (Å²) in [6, 6.07) is 7.71. The van der Waals surface area contributed by atoms with Crippen LogP contribution < -0.4 is 11.1 Å². The summed E-state index contributed by atoms with van der Waals surface area (Å²) in [5, 5.41) is 13.0. The van der Waals surface area contributed by atoms with Gasteiger partial charge < -0.3 is 25.8 Å². The summed E-state index contributed by atoms with van der Waals surface area (Å²) in [6.45, 7) is 16.3. The van der Waals surface area contributed by atoms with E-state index in [1.54, 1.807) is 12.1 Å². The molecule has 5 aliphatic carbocycles. The van der Waals surface area contributed by atoms with E-state index in [-0.39, 0.29) is 33.4 Å². The summed E-state index contributed by atoms with van der Waals surface area (Å²) in [7, 11) is 4.10. The number of nitrogens with one attached hydrogen (secondary N) is 1. The van der Waals surface area contributed by atoms with E-state index in [0.29, 0.717) is 53.6 Å². The van der Waals surface area contributed by atoms with E-state index in [2.05, 4.69) is 63.9 Å². The molecule has 0 aromatic heterocycles. The topological polar surface area (TPSA) is 105 Å². The number of rotatable bonds is 8. The molecule has 0 bridgehead atoms. The lowest BCUT2D eigenvalue weighted by atomic mass is 9.34. The third kappa shape index (κ3) is 5.52. The molecule has 5 saturated carbocycles. The molecule has 4 N–H and O–H groups in total. The first-order valence-corrected chi connectivity index (χ1v) is 19.2. The summed E-state index contributed by atoms with van der Waals surface area (Å²) in [4.78, 5) is 27.0. The Morgan fingerprint density at radius 3 is 2.29 bits per heavy atom. The highest BCUT2D eigenvalue weighted by Crippen LogP contribution is 2.74. The zero-order chi connectivity index (χ0) is 34.9. The van der Waals surface area contributed by atoms with Crippen molar-refractivity contribution >= 4 is 12.1 Å². The van der Waals surface area contributed by atoms with Crippen LogP contribution in [0, 0.1) is 51.8 Å². The standard InChI is InChI=1S/C41H65N3O4/c1-26(2)29-16-21-40(43-36(47)48-25-9-24-44(7)8)22-23-41(42)31(34(29)40)14-15-33-38(5)19-17-30(27-10-12-28(13-11-27)35(45)46)37(3,4)32(38)18-20-39(33,41)6/h10-13,26,29-34H,9,14-25,42H2,1-8H3,(H,43,47)(H,45,46)/t29-,30-,31+,32-,33+,34+,38-,39+,40-,41-/m0/s1. The van der Waals surface area contributed by atoms with E-state index in [1.165, 1.54) is 24.8 Å². The average Bonchev–Trinajstić information content (AvgIpc) is 3.39. The van der Waals surface area contributed by atoms with Crippen molar-refractivity contribution in [2.24, 2.45) is 57.5 Å². The lowest BCUT2D eigenvalue weighted by molar-refractivity contribution is -0.207. The van der Waals surface area contributed by atoms with Crippen LogP contribution in [-0.4, -0.2) is 60.4 Å². The molecular formula is C41H65N3O4. The van der Waals surface area contributed by atoms with Crippen LogP contribution in [-0.2, 0) is 4.74 Å². The predicted molar refractivity (Wildman–Crippen MR) is 192 cm³/mol. The number of benzene rings is 1. The van der Waals surface area contributed by atoms with Crippen molar-refractivity contribution in [2.75, 3.05) is 27.2 Å². The molecule has 0 unspecified atom stereocenters. The number of fused-ring (bicyclic) bond motifs is 7. The summed E-state index contributed by atoms with van der Waals surface area (Å²) in [6.07, 6.45) is 11.7. The minimum absolute atomic E-state index is 0.0518. The normalized spacial score (nSPS) is 41.6.